The minimum atomic E-state index is -0.796. The number of carbonyl (C=O) groups excluding carboxylic acids is 3. The van der Waals surface area contributed by atoms with E-state index < -0.39 is 17.8 Å². The number of barbiturate groups is 1. The van der Waals surface area contributed by atoms with Crippen LogP contribution in [-0.2, 0) is 15.0 Å². The number of nitrogens with zero attached hydrogens (tertiary/aromatic N) is 1. The first-order valence-electron chi connectivity index (χ1n) is 8.86. The van der Waals surface area contributed by atoms with Gasteiger partial charge in [-0.15, -0.1) is 0 Å². The van der Waals surface area contributed by atoms with Crippen molar-refractivity contribution in [1.29, 1.82) is 0 Å². The fraction of sp³-hybridized carbons (Fsp3) is 0.227. The number of benzene rings is 2. The summed E-state index contributed by atoms with van der Waals surface area (Å²) in [7, 11) is 0. The molecule has 0 unspecified atom stereocenters. The number of rotatable bonds is 2. The van der Waals surface area contributed by atoms with Gasteiger partial charge in [0.05, 0.1) is 5.69 Å². The van der Waals surface area contributed by atoms with Crippen LogP contribution < -0.4 is 10.2 Å². The monoisotopic (exact) mass is 396 g/mol. The third-order valence-electron chi connectivity index (χ3n) is 4.60. The number of aryl methyl sites for hydroxylation is 1. The highest BCUT2D eigenvalue weighted by Crippen LogP contribution is 2.27. The normalized spacial score (nSPS) is 16.5. The van der Waals surface area contributed by atoms with E-state index in [1.807, 2.05) is 31.2 Å². The van der Waals surface area contributed by atoms with Gasteiger partial charge < -0.3 is 0 Å². The summed E-state index contributed by atoms with van der Waals surface area (Å²) in [5.74, 6) is -1.40. The van der Waals surface area contributed by atoms with Crippen molar-refractivity contribution in [3.63, 3.8) is 0 Å². The Hall–Kier alpha value is -2.92. The minimum absolute atomic E-state index is 0.00235. The molecule has 1 saturated heterocycles. The van der Waals surface area contributed by atoms with E-state index in [9.17, 15) is 14.4 Å². The Morgan fingerprint density at radius 3 is 2.21 bits per heavy atom. The van der Waals surface area contributed by atoms with Gasteiger partial charge in [0.15, 0.2) is 0 Å². The van der Waals surface area contributed by atoms with E-state index in [0.717, 1.165) is 16.0 Å². The van der Waals surface area contributed by atoms with Crippen molar-refractivity contribution in [1.82, 2.24) is 5.32 Å². The summed E-state index contributed by atoms with van der Waals surface area (Å²) in [5.41, 5.74) is 2.85. The van der Waals surface area contributed by atoms with Crippen molar-refractivity contribution in [2.24, 2.45) is 0 Å². The average molecular weight is 397 g/mol. The largest absolute Gasteiger partial charge is 0.335 e. The number of nitrogens with one attached hydrogen (secondary N) is 1. The maximum Gasteiger partial charge on any atom is 0.335 e. The Bertz CT molecular complexity index is 1000. The molecule has 3 rings (SSSR count). The highest BCUT2D eigenvalue weighted by molar-refractivity contribution is 6.39. The summed E-state index contributed by atoms with van der Waals surface area (Å²) in [5, 5.41) is 2.64. The van der Waals surface area contributed by atoms with E-state index in [0.29, 0.717) is 16.3 Å². The molecule has 1 heterocycles. The van der Waals surface area contributed by atoms with E-state index in [1.54, 1.807) is 12.1 Å². The molecule has 1 N–H and O–H groups in total. The molecular weight excluding hydrogens is 376 g/mol. The van der Waals surface area contributed by atoms with Crippen molar-refractivity contribution in [3.8, 4) is 0 Å². The molecule has 5 nitrogen and oxygen atoms in total. The van der Waals surface area contributed by atoms with Gasteiger partial charge in [0.1, 0.15) is 5.57 Å². The van der Waals surface area contributed by atoms with Crippen molar-refractivity contribution >= 4 is 41.2 Å². The van der Waals surface area contributed by atoms with Crippen molar-refractivity contribution in [2.45, 2.75) is 33.1 Å². The number of hydrogen-bond donors (Lipinski definition) is 1. The zero-order valence-corrected chi connectivity index (χ0v) is 16.9. The molecule has 1 aliphatic heterocycles. The third kappa shape index (κ3) is 3.85. The van der Waals surface area contributed by atoms with Gasteiger partial charge in [-0.05, 0) is 47.2 Å². The summed E-state index contributed by atoms with van der Waals surface area (Å²) in [4.78, 5) is 38.4. The van der Waals surface area contributed by atoms with Crippen LogP contribution in [0.3, 0.4) is 0 Å². The van der Waals surface area contributed by atoms with Crippen LogP contribution in [0.2, 0.25) is 5.02 Å². The molecule has 1 aliphatic rings. The van der Waals surface area contributed by atoms with Crippen LogP contribution in [0.1, 0.15) is 37.5 Å². The zero-order valence-electron chi connectivity index (χ0n) is 16.2. The average Bonchev–Trinajstić information content (AvgIpc) is 2.61. The summed E-state index contributed by atoms with van der Waals surface area (Å²) < 4.78 is 0. The molecule has 0 spiro atoms. The topological polar surface area (TPSA) is 66.5 Å². The number of carbonyl (C=O) groups is 3. The van der Waals surface area contributed by atoms with Crippen LogP contribution >= 0.6 is 11.6 Å². The minimum Gasteiger partial charge on any atom is -0.273 e. The van der Waals surface area contributed by atoms with E-state index in [2.05, 4.69) is 26.1 Å². The number of hydrogen-bond acceptors (Lipinski definition) is 3. The number of halogens is 1. The first kappa shape index (κ1) is 19.8. The predicted octanol–water partition coefficient (Wildman–Crippen LogP) is 4.61. The van der Waals surface area contributed by atoms with E-state index in [-0.39, 0.29) is 11.0 Å². The molecule has 0 saturated carbocycles. The Labute approximate surface area is 169 Å². The second-order valence-corrected chi connectivity index (χ2v) is 8.17. The van der Waals surface area contributed by atoms with E-state index in [1.165, 1.54) is 12.1 Å². The first-order chi connectivity index (χ1) is 13.1. The smallest absolute Gasteiger partial charge is 0.273 e. The SMILES string of the molecule is Cc1ccc(N2C(=O)NC(=O)/C(=C/c3ccc(C(C)(C)C)cc3)C2=O)cc1Cl. The second-order valence-electron chi connectivity index (χ2n) is 7.76. The lowest BCUT2D eigenvalue weighted by Gasteiger charge is -2.26. The molecule has 2 aromatic carbocycles. The van der Waals surface area contributed by atoms with Crippen molar-refractivity contribution in [3.05, 3.63) is 69.8 Å². The van der Waals surface area contributed by atoms with Crippen LogP contribution in [0, 0.1) is 6.92 Å². The standard InChI is InChI=1S/C22H21ClN2O3/c1-13-5-10-16(12-18(13)23)25-20(27)17(19(26)24-21(25)28)11-14-6-8-15(9-7-14)22(2,3)4/h5-12H,1-4H3,(H,24,26,28)/b17-11-. The number of amides is 4. The molecule has 144 valence electrons. The lowest BCUT2D eigenvalue weighted by atomic mass is 9.86. The molecule has 0 radical (unpaired) electrons. The quantitative estimate of drug-likeness (QED) is 0.595. The summed E-state index contributed by atoms with van der Waals surface area (Å²) in [6.07, 6.45) is 1.49. The maximum absolute atomic E-state index is 12.9. The number of anilines is 1. The molecule has 0 aliphatic carbocycles. The molecule has 0 atom stereocenters. The molecule has 4 amide bonds. The van der Waals surface area contributed by atoms with Crippen molar-refractivity contribution in [2.75, 3.05) is 4.90 Å². The summed E-state index contributed by atoms with van der Waals surface area (Å²) >= 11 is 6.12. The Balaban J connectivity index is 1.97. The molecule has 6 heteroatoms. The first-order valence-corrected chi connectivity index (χ1v) is 9.24. The van der Waals surface area contributed by atoms with E-state index >= 15 is 0 Å². The second kappa shape index (κ2) is 7.24. The van der Waals surface area contributed by atoms with Crippen LogP contribution in [0.25, 0.3) is 6.08 Å². The van der Waals surface area contributed by atoms with Crippen LogP contribution in [0.5, 0.6) is 0 Å². The fourth-order valence-electron chi connectivity index (χ4n) is 2.86. The molecule has 28 heavy (non-hydrogen) atoms. The van der Waals surface area contributed by atoms with Gasteiger partial charge in [0.25, 0.3) is 11.8 Å². The van der Waals surface area contributed by atoms with Gasteiger partial charge in [-0.1, -0.05) is 62.7 Å². The van der Waals surface area contributed by atoms with Gasteiger partial charge in [0.2, 0.25) is 0 Å². The molecule has 0 aromatic heterocycles. The van der Waals surface area contributed by atoms with Gasteiger partial charge in [-0.3, -0.25) is 14.9 Å². The van der Waals surface area contributed by atoms with Gasteiger partial charge in [0, 0.05) is 5.02 Å². The third-order valence-corrected chi connectivity index (χ3v) is 5.01. The highest BCUT2D eigenvalue weighted by Gasteiger charge is 2.36. The molecule has 1 fully saturated rings. The summed E-state index contributed by atoms with van der Waals surface area (Å²) in [6, 6.07) is 11.7. The van der Waals surface area contributed by atoms with Gasteiger partial charge in [-0.2, -0.15) is 0 Å². The Morgan fingerprint density at radius 2 is 1.64 bits per heavy atom. The lowest BCUT2D eigenvalue weighted by molar-refractivity contribution is -0.122. The molecule has 2 aromatic rings. The molecule has 0 bridgehead atoms. The maximum atomic E-state index is 12.9. The van der Waals surface area contributed by atoms with Crippen molar-refractivity contribution < 1.29 is 14.4 Å². The number of urea groups is 1. The van der Waals surface area contributed by atoms with Crippen LogP contribution in [-0.4, -0.2) is 17.8 Å². The number of imide groups is 2. The van der Waals surface area contributed by atoms with E-state index in [4.69, 9.17) is 11.6 Å². The zero-order chi connectivity index (χ0) is 20.6. The van der Waals surface area contributed by atoms with Crippen LogP contribution in [0.4, 0.5) is 10.5 Å². The predicted molar refractivity (Wildman–Crippen MR) is 110 cm³/mol. The van der Waals surface area contributed by atoms with Crippen LogP contribution in [0.15, 0.2) is 48.0 Å². The fourth-order valence-corrected chi connectivity index (χ4v) is 3.03. The lowest BCUT2D eigenvalue weighted by Crippen LogP contribution is -2.54. The summed E-state index contributed by atoms with van der Waals surface area (Å²) in [6.45, 7) is 8.14. The Kier molecular flexibility index (Phi) is 5.13. The van der Waals surface area contributed by atoms with Gasteiger partial charge in [-0.25, -0.2) is 9.69 Å². The van der Waals surface area contributed by atoms with Gasteiger partial charge >= 0.3 is 6.03 Å². The highest BCUT2D eigenvalue weighted by atomic mass is 35.5. The Morgan fingerprint density at radius 1 is 1.00 bits per heavy atom. The molecular formula is C22H21ClN2O3.